The minimum Gasteiger partial charge on any atom is -0.406 e. The lowest BCUT2D eigenvalue weighted by molar-refractivity contribution is -0.274. The van der Waals surface area contributed by atoms with Crippen LogP contribution in [0.5, 0.6) is 5.75 Å². The fourth-order valence-corrected chi connectivity index (χ4v) is 5.16. The first-order valence-electron chi connectivity index (χ1n) is 10.3. The Labute approximate surface area is 185 Å². The number of sulfone groups is 1. The van der Waals surface area contributed by atoms with Crippen LogP contribution in [0.3, 0.4) is 0 Å². The van der Waals surface area contributed by atoms with E-state index in [1.807, 2.05) is 0 Å². The minimum atomic E-state index is -4.72. The number of amides is 1. The van der Waals surface area contributed by atoms with Crippen molar-refractivity contribution in [1.82, 2.24) is 9.80 Å². The largest absolute Gasteiger partial charge is 0.573 e. The zero-order chi connectivity index (χ0) is 23.4. The molecule has 0 aromatic heterocycles. The highest BCUT2D eigenvalue weighted by Crippen LogP contribution is 2.24. The maximum atomic E-state index is 13.0. The Morgan fingerprint density at radius 3 is 2.22 bits per heavy atom. The Bertz CT molecular complexity index is 1030. The average Bonchev–Trinajstić information content (AvgIpc) is 2.74. The van der Waals surface area contributed by atoms with E-state index >= 15 is 0 Å². The molecule has 0 atom stereocenters. The molecule has 0 bridgehead atoms. The Morgan fingerprint density at radius 2 is 1.62 bits per heavy atom. The van der Waals surface area contributed by atoms with Crippen molar-refractivity contribution in [3.8, 4) is 5.75 Å². The number of carbonyl (C=O) groups is 1. The Morgan fingerprint density at radius 1 is 1.00 bits per heavy atom. The topological polar surface area (TPSA) is 66.9 Å². The molecule has 0 unspecified atom stereocenters. The number of carbonyl (C=O) groups excluding carboxylic acids is 1. The lowest BCUT2D eigenvalue weighted by Gasteiger charge is -2.35. The Kier molecular flexibility index (Phi) is 7.45. The molecule has 32 heavy (non-hydrogen) atoms. The van der Waals surface area contributed by atoms with E-state index in [0.29, 0.717) is 39.1 Å². The number of rotatable bonds is 7. The molecule has 0 aliphatic carbocycles. The summed E-state index contributed by atoms with van der Waals surface area (Å²) in [6.45, 7) is 4.28. The summed E-state index contributed by atoms with van der Waals surface area (Å²) in [6.07, 6.45) is -4.26. The van der Waals surface area contributed by atoms with Crippen LogP contribution in [0.15, 0.2) is 53.4 Å². The average molecular weight is 471 g/mol. The normalized spacial score (nSPS) is 15.6. The van der Waals surface area contributed by atoms with Gasteiger partial charge in [-0.1, -0.05) is 31.2 Å². The van der Waals surface area contributed by atoms with Crippen molar-refractivity contribution < 1.29 is 31.1 Å². The molecule has 6 nitrogen and oxygen atoms in total. The van der Waals surface area contributed by atoms with Gasteiger partial charge in [0.15, 0.2) is 9.84 Å². The fraction of sp³-hybridized carbons (Fsp3) is 0.409. The summed E-state index contributed by atoms with van der Waals surface area (Å²) in [6, 6.07) is 12.0. The zero-order valence-corrected chi connectivity index (χ0v) is 18.5. The molecule has 0 radical (unpaired) electrons. The van der Waals surface area contributed by atoms with Gasteiger partial charge in [-0.2, -0.15) is 0 Å². The summed E-state index contributed by atoms with van der Waals surface area (Å²) in [5.74, 6) is -0.598. The Hall–Kier alpha value is -2.59. The van der Waals surface area contributed by atoms with Crippen molar-refractivity contribution in [1.29, 1.82) is 0 Å². The lowest BCUT2D eigenvalue weighted by atomic mass is 10.1. The SMILES string of the molecule is CCCS(=O)(=O)c1ccccc1C(=O)N1CCN(Cc2ccc(OC(F)(F)F)cc2)CC1. The van der Waals surface area contributed by atoms with Crippen LogP contribution in [0, 0.1) is 0 Å². The van der Waals surface area contributed by atoms with Gasteiger partial charge in [-0.15, -0.1) is 13.2 Å². The molecule has 0 saturated carbocycles. The van der Waals surface area contributed by atoms with E-state index in [1.54, 1.807) is 42.2 Å². The maximum Gasteiger partial charge on any atom is 0.573 e. The van der Waals surface area contributed by atoms with Crippen molar-refractivity contribution >= 4 is 15.7 Å². The fourth-order valence-electron chi connectivity index (χ4n) is 3.63. The number of alkyl halides is 3. The second kappa shape index (κ2) is 9.91. The summed E-state index contributed by atoms with van der Waals surface area (Å²) in [4.78, 5) is 16.8. The molecule has 2 aromatic carbocycles. The number of ether oxygens (including phenoxy) is 1. The zero-order valence-electron chi connectivity index (χ0n) is 17.6. The molecule has 0 N–H and O–H groups in total. The molecule has 1 saturated heterocycles. The number of hydrogen-bond acceptors (Lipinski definition) is 5. The molecule has 1 amide bonds. The van der Waals surface area contributed by atoms with E-state index in [1.165, 1.54) is 18.2 Å². The van der Waals surface area contributed by atoms with Gasteiger partial charge < -0.3 is 9.64 Å². The van der Waals surface area contributed by atoms with E-state index in [-0.39, 0.29) is 27.9 Å². The Balaban J connectivity index is 1.60. The van der Waals surface area contributed by atoms with E-state index in [2.05, 4.69) is 9.64 Å². The molecule has 3 rings (SSSR count). The predicted octanol–water partition coefficient (Wildman–Crippen LogP) is 3.73. The van der Waals surface area contributed by atoms with Crippen LogP contribution in [-0.2, 0) is 16.4 Å². The van der Waals surface area contributed by atoms with E-state index in [9.17, 15) is 26.4 Å². The van der Waals surface area contributed by atoms with Gasteiger partial charge in [0.25, 0.3) is 5.91 Å². The van der Waals surface area contributed by atoms with Crippen molar-refractivity contribution in [3.05, 3.63) is 59.7 Å². The van der Waals surface area contributed by atoms with Gasteiger partial charge >= 0.3 is 6.36 Å². The summed E-state index contributed by atoms with van der Waals surface area (Å²) < 4.78 is 65.8. The van der Waals surface area contributed by atoms with Crippen LogP contribution in [0.25, 0.3) is 0 Å². The van der Waals surface area contributed by atoms with Crippen LogP contribution < -0.4 is 4.74 Å². The van der Waals surface area contributed by atoms with Crippen molar-refractivity contribution in [2.75, 3.05) is 31.9 Å². The second-order valence-corrected chi connectivity index (χ2v) is 9.65. The molecule has 2 aromatic rings. The van der Waals surface area contributed by atoms with Crippen LogP contribution in [-0.4, -0.2) is 62.4 Å². The molecule has 1 aliphatic rings. The molecule has 1 aliphatic heterocycles. The monoisotopic (exact) mass is 470 g/mol. The number of piperazine rings is 1. The second-order valence-electron chi connectivity index (χ2n) is 7.58. The van der Waals surface area contributed by atoms with Crippen molar-refractivity contribution in [3.63, 3.8) is 0 Å². The third-order valence-corrected chi connectivity index (χ3v) is 7.12. The summed E-state index contributed by atoms with van der Waals surface area (Å²) in [5.41, 5.74) is 1.02. The number of nitrogens with zero attached hydrogens (tertiary/aromatic N) is 2. The van der Waals surface area contributed by atoms with Gasteiger partial charge in [0.2, 0.25) is 0 Å². The molecule has 1 heterocycles. The van der Waals surface area contributed by atoms with E-state index in [4.69, 9.17) is 0 Å². The minimum absolute atomic E-state index is 0.0160. The highest BCUT2D eigenvalue weighted by molar-refractivity contribution is 7.91. The van der Waals surface area contributed by atoms with Gasteiger partial charge in [0, 0.05) is 32.7 Å². The molecular weight excluding hydrogens is 445 g/mol. The molecular formula is C22H25F3N2O4S. The van der Waals surface area contributed by atoms with Gasteiger partial charge in [-0.25, -0.2) is 8.42 Å². The van der Waals surface area contributed by atoms with Gasteiger partial charge in [-0.3, -0.25) is 9.69 Å². The van der Waals surface area contributed by atoms with Crippen molar-refractivity contribution in [2.45, 2.75) is 31.1 Å². The first kappa shape index (κ1) is 24.1. The smallest absolute Gasteiger partial charge is 0.406 e. The number of hydrogen-bond donors (Lipinski definition) is 0. The molecule has 10 heteroatoms. The first-order valence-corrected chi connectivity index (χ1v) is 11.9. The lowest BCUT2D eigenvalue weighted by Crippen LogP contribution is -2.48. The third kappa shape index (κ3) is 6.23. The third-order valence-electron chi connectivity index (χ3n) is 5.15. The number of benzene rings is 2. The highest BCUT2D eigenvalue weighted by atomic mass is 32.2. The number of halogens is 3. The molecule has 1 fully saturated rings. The summed E-state index contributed by atoms with van der Waals surface area (Å²) in [7, 11) is -3.53. The van der Waals surface area contributed by atoms with Gasteiger partial charge in [0.1, 0.15) is 5.75 Å². The van der Waals surface area contributed by atoms with Crippen LogP contribution in [0.2, 0.25) is 0 Å². The van der Waals surface area contributed by atoms with Crippen molar-refractivity contribution in [2.24, 2.45) is 0 Å². The molecule has 0 spiro atoms. The van der Waals surface area contributed by atoms with E-state index in [0.717, 1.165) is 5.56 Å². The quantitative estimate of drug-likeness (QED) is 0.617. The first-order chi connectivity index (χ1) is 15.1. The summed E-state index contributed by atoms with van der Waals surface area (Å²) in [5, 5.41) is 0. The predicted molar refractivity (Wildman–Crippen MR) is 113 cm³/mol. The van der Waals surface area contributed by atoms with Gasteiger partial charge in [-0.05, 0) is 36.2 Å². The van der Waals surface area contributed by atoms with Crippen LogP contribution in [0.1, 0.15) is 29.3 Å². The summed E-state index contributed by atoms with van der Waals surface area (Å²) >= 11 is 0. The standard InChI is InChI=1S/C22H25F3N2O4S/c1-2-15-32(29,30)20-6-4-3-5-19(20)21(28)27-13-11-26(12-14-27)16-17-7-9-18(10-8-17)31-22(23,24)25/h3-10H,2,11-16H2,1H3. The maximum absolute atomic E-state index is 13.0. The highest BCUT2D eigenvalue weighted by Gasteiger charge is 2.31. The van der Waals surface area contributed by atoms with E-state index < -0.39 is 16.2 Å². The van der Waals surface area contributed by atoms with Crippen LogP contribution in [0.4, 0.5) is 13.2 Å². The van der Waals surface area contributed by atoms with Gasteiger partial charge in [0.05, 0.1) is 16.2 Å². The van der Waals surface area contributed by atoms with Crippen LogP contribution >= 0.6 is 0 Å². The molecule has 174 valence electrons.